The fourth-order valence-electron chi connectivity index (χ4n) is 3.86. The molecule has 0 bridgehead atoms. The summed E-state index contributed by atoms with van der Waals surface area (Å²) in [6.07, 6.45) is 0. The van der Waals surface area contributed by atoms with Crippen LogP contribution in [-0.4, -0.2) is 15.0 Å². The minimum atomic E-state index is -0.186. The van der Waals surface area contributed by atoms with Crippen molar-refractivity contribution < 1.29 is 4.42 Å². The van der Waals surface area contributed by atoms with E-state index in [2.05, 4.69) is 84.0 Å². The Kier molecular flexibility index (Phi) is 4.20. The summed E-state index contributed by atoms with van der Waals surface area (Å²) in [5, 5.41) is 3.34. The zero-order valence-corrected chi connectivity index (χ0v) is 18.9. The lowest BCUT2D eigenvalue weighted by Gasteiger charge is -2.19. The molecule has 0 fully saturated rings. The summed E-state index contributed by atoms with van der Waals surface area (Å²) in [5.74, 6) is 1.55. The standard InChI is InChI=1S/C27H27N3O/c1-26(2,3)24-28-21-17-11-8-7-10-16(17)14-15-19(21)22(29-24)18-12-9-13-20-23(18)30-25(31-20)27(4,5)6/h7-15H,1-6H3. The van der Waals surface area contributed by atoms with Crippen LogP contribution in [-0.2, 0) is 10.8 Å². The van der Waals surface area contributed by atoms with Crippen LogP contribution in [0.25, 0.3) is 44.0 Å². The first kappa shape index (κ1) is 19.7. The van der Waals surface area contributed by atoms with Crippen LogP contribution in [0.15, 0.2) is 59.0 Å². The van der Waals surface area contributed by atoms with Gasteiger partial charge >= 0.3 is 0 Å². The van der Waals surface area contributed by atoms with Gasteiger partial charge in [-0.15, -0.1) is 0 Å². The number of rotatable bonds is 1. The van der Waals surface area contributed by atoms with Gasteiger partial charge in [0.25, 0.3) is 0 Å². The predicted molar refractivity (Wildman–Crippen MR) is 127 cm³/mol. The largest absolute Gasteiger partial charge is 0.440 e. The lowest BCUT2D eigenvalue weighted by atomic mass is 9.94. The summed E-state index contributed by atoms with van der Waals surface area (Å²) >= 11 is 0. The molecular weight excluding hydrogens is 382 g/mol. The normalized spacial score (nSPS) is 12.8. The smallest absolute Gasteiger partial charge is 0.200 e. The van der Waals surface area contributed by atoms with Crippen LogP contribution in [0.5, 0.6) is 0 Å². The van der Waals surface area contributed by atoms with Crippen molar-refractivity contribution in [3.05, 3.63) is 66.3 Å². The third-order valence-electron chi connectivity index (χ3n) is 5.58. The van der Waals surface area contributed by atoms with Crippen LogP contribution in [0.2, 0.25) is 0 Å². The van der Waals surface area contributed by atoms with Gasteiger partial charge in [-0.2, -0.15) is 0 Å². The van der Waals surface area contributed by atoms with Gasteiger partial charge < -0.3 is 4.42 Å². The van der Waals surface area contributed by atoms with Crippen LogP contribution in [0.3, 0.4) is 0 Å². The Morgan fingerprint density at radius 2 is 1.42 bits per heavy atom. The van der Waals surface area contributed by atoms with Crippen molar-refractivity contribution in [1.82, 2.24) is 15.0 Å². The number of aromatic nitrogens is 3. The van der Waals surface area contributed by atoms with Gasteiger partial charge in [-0.05, 0) is 17.5 Å². The summed E-state index contributed by atoms with van der Waals surface area (Å²) in [7, 11) is 0. The van der Waals surface area contributed by atoms with E-state index in [0.29, 0.717) is 0 Å². The molecule has 0 aliphatic rings. The second-order valence-electron chi connectivity index (χ2n) is 10.3. The number of hydrogen-bond acceptors (Lipinski definition) is 4. The van der Waals surface area contributed by atoms with Gasteiger partial charge in [-0.1, -0.05) is 84.0 Å². The Hall–Kier alpha value is -3.27. The number of hydrogen-bond donors (Lipinski definition) is 0. The molecule has 31 heavy (non-hydrogen) atoms. The molecule has 3 aromatic carbocycles. The van der Waals surface area contributed by atoms with E-state index in [-0.39, 0.29) is 10.8 Å². The van der Waals surface area contributed by atoms with Crippen molar-refractivity contribution in [2.75, 3.05) is 0 Å². The molecule has 0 spiro atoms. The van der Waals surface area contributed by atoms with E-state index in [4.69, 9.17) is 19.4 Å². The van der Waals surface area contributed by atoms with Crippen molar-refractivity contribution >= 4 is 32.8 Å². The molecule has 0 N–H and O–H groups in total. The molecule has 0 atom stereocenters. The molecule has 0 saturated carbocycles. The summed E-state index contributed by atoms with van der Waals surface area (Å²) in [4.78, 5) is 15.0. The molecule has 0 saturated heterocycles. The number of fused-ring (bicyclic) bond motifs is 4. The summed E-state index contributed by atoms with van der Waals surface area (Å²) in [6.45, 7) is 12.8. The van der Waals surface area contributed by atoms with Gasteiger partial charge in [0, 0.05) is 27.2 Å². The van der Waals surface area contributed by atoms with Crippen LogP contribution in [0.4, 0.5) is 0 Å². The number of oxazole rings is 1. The molecule has 0 amide bonds. The average Bonchev–Trinajstić information content (AvgIpc) is 3.17. The maximum absolute atomic E-state index is 6.12. The van der Waals surface area contributed by atoms with E-state index >= 15 is 0 Å². The zero-order valence-electron chi connectivity index (χ0n) is 18.9. The highest BCUT2D eigenvalue weighted by molar-refractivity contribution is 6.10. The van der Waals surface area contributed by atoms with Crippen LogP contribution >= 0.6 is 0 Å². The van der Waals surface area contributed by atoms with Gasteiger partial charge in [0.05, 0.1) is 11.2 Å². The monoisotopic (exact) mass is 409 g/mol. The highest BCUT2D eigenvalue weighted by Crippen LogP contribution is 2.37. The maximum Gasteiger partial charge on any atom is 0.200 e. The van der Waals surface area contributed by atoms with Gasteiger partial charge in [-0.25, -0.2) is 15.0 Å². The lowest BCUT2D eigenvalue weighted by molar-refractivity contribution is 0.411. The van der Waals surface area contributed by atoms with Crippen LogP contribution in [0, 0.1) is 0 Å². The van der Waals surface area contributed by atoms with Crippen molar-refractivity contribution in [1.29, 1.82) is 0 Å². The molecule has 2 heterocycles. The van der Waals surface area contributed by atoms with E-state index < -0.39 is 0 Å². The first-order chi connectivity index (χ1) is 14.6. The highest BCUT2D eigenvalue weighted by Gasteiger charge is 2.25. The van der Waals surface area contributed by atoms with Crippen molar-refractivity contribution in [2.45, 2.75) is 52.4 Å². The number of nitrogens with zero attached hydrogens (tertiary/aromatic N) is 3. The van der Waals surface area contributed by atoms with Crippen molar-refractivity contribution in [3.63, 3.8) is 0 Å². The SMILES string of the molecule is CC(C)(C)c1nc(-c2cccc3oc(C(C)(C)C)nc23)c2ccc3ccccc3c2n1. The highest BCUT2D eigenvalue weighted by atomic mass is 16.3. The Morgan fingerprint density at radius 1 is 0.645 bits per heavy atom. The molecule has 4 nitrogen and oxygen atoms in total. The number of para-hydroxylation sites is 1. The van der Waals surface area contributed by atoms with E-state index in [1.54, 1.807) is 0 Å². The van der Waals surface area contributed by atoms with Crippen molar-refractivity contribution in [3.8, 4) is 11.3 Å². The lowest BCUT2D eigenvalue weighted by Crippen LogP contribution is -2.16. The first-order valence-corrected chi connectivity index (χ1v) is 10.7. The van der Waals surface area contributed by atoms with E-state index in [1.165, 1.54) is 5.39 Å². The summed E-state index contributed by atoms with van der Waals surface area (Å²) in [6, 6.07) is 18.7. The van der Waals surface area contributed by atoms with Gasteiger partial charge in [0.15, 0.2) is 5.58 Å². The molecule has 156 valence electrons. The summed E-state index contributed by atoms with van der Waals surface area (Å²) in [5.41, 5.74) is 4.13. The van der Waals surface area contributed by atoms with Crippen LogP contribution < -0.4 is 0 Å². The minimum absolute atomic E-state index is 0.170. The van der Waals surface area contributed by atoms with Gasteiger partial charge in [-0.3, -0.25) is 0 Å². The van der Waals surface area contributed by atoms with E-state index in [0.717, 1.165) is 50.4 Å². The quantitative estimate of drug-likeness (QED) is 0.275. The Balaban J connectivity index is 1.90. The Morgan fingerprint density at radius 3 is 2.16 bits per heavy atom. The van der Waals surface area contributed by atoms with Gasteiger partial charge in [0.1, 0.15) is 11.3 Å². The maximum atomic E-state index is 6.12. The molecule has 4 heteroatoms. The first-order valence-electron chi connectivity index (χ1n) is 10.7. The Labute approximate surface area is 182 Å². The second kappa shape index (κ2) is 6.61. The predicted octanol–water partition coefficient (Wildman–Crippen LogP) is 7.19. The van der Waals surface area contributed by atoms with Crippen molar-refractivity contribution in [2.24, 2.45) is 0 Å². The molecule has 0 aliphatic carbocycles. The molecule has 5 aromatic rings. The molecule has 2 aromatic heterocycles. The van der Waals surface area contributed by atoms with E-state index in [1.807, 2.05) is 12.1 Å². The molecule has 0 aliphatic heterocycles. The fraction of sp³-hybridized carbons (Fsp3) is 0.296. The van der Waals surface area contributed by atoms with E-state index in [9.17, 15) is 0 Å². The van der Waals surface area contributed by atoms with Crippen LogP contribution in [0.1, 0.15) is 53.3 Å². The molecule has 0 radical (unpaired) electrons. The molecular formula is C27H27N3O. The third kappa shape index (κ3) is 3.27. The third-order valence-corrected chi connectivity index (χ3v) is 5.58. The molecule has 5 rings (SSSR count). The van der Waals surface area contributed by atoms with Gasteiger partial charge in [0.2, 0.25) is 5.89 Å². The fourth-order valence-corrected chi connectivity index (χ4v) is 3.86. The Bertz CT molecular complexity index is 1450. The average molecular weight is 410 g/mol. The number of benzene rings is 3. The second-order valence-corrected chi connectivity index (χ2v) is 10.3. The summed E-state index contributed by atoms with van der Waals surface area (Å²) < 4.78 is 6.12. The zero-order chi connectivity index (χ0) is 22.0. The topological polar surface area (TPSA) is 51.8 Å². The molecule has 0 unspecified atom stereocenters. The minimum Gasteiger partial charge on any atom is -0.440 e.